The second kappa shape index (κ2) is 6.71. The zero-order chi connectivity index (χ0) is 10.2. The molecule has 0 fully saturated rings. The van der Waals surface area contributed by atoms with E-state index in [1.807, 2.05) is 0 Å². The van der Waals surface area contributed by atoms with Crippen LogP contribution in [0.1, 0.15) is 40.0 Å². The van der Waals surface area contributed by atoms with Gasteiger partial charge in [-0.25, -0.2) is 0 Å². The van der Waals surface area contributed by atoms with Gasteiger partial charge in [-0.15, -0.1) is 0 Å². The third-order valence-electron chi connectivity index (χ3n) is 1.95. The predicted octanol–water partition coefficient (Wildman–Crippen LogP) is 4.30. The summed E-state index contributed by atoms with van der Waals surface area (Å²) in [6.45, 7) is 11.8. The first-order chi connectivity index (χ1) is 6.12. The van der Waals surface area contributed by atoms with E-state index in [2.05, 4.69) is 45.1 Å². The Morgan fingerprint density at radius 1 is 1.15 bits per heavy atom. The highest BCUT2D eigenvalue weighted by molar-refractivity contribution is 4.99. The molecule has 0 heteroatoms. The highest BCUT2D eigenvalue weighted by Crippen LogP contribution is 2.22. The first-order valence-corrected chi connectivity index (χ1v) is 4.94. The fraction of sp³-hybridized carbons (Fsp3) is 0.538. The summed E-state index contributed by atoms with van der Waals surface area (Å²) in [6.07, 6.45) is 13.6. The van der Waals surface area contributed by atoms with Crippen LogP contribution in [0, 0.1) is 12.0 Å². The Hall–Kier alpha value is -0.780. The van der Waals surface area contributed by atoms with E-state index >= 15 is 0 Å². The molecule has 0 saturated carbocycles. The van der Waals surface area contributed by atoms with E-state index in [1.54, 1.807) is 6.08 Å². The number of hydrogen-bond donors (Lipinski definition) is 0. The lowest BCUT2D eigenvalue weighted by atomic mass is 9.88. The molecule has 73 valence electrons. The van der Waals surface area contributed by atoms with E-state index in [0.29, 0.717) is 0 Å². The highest BCUT2D eigenvalue weighted by atomic mass is 14.1. The number of unbranched alkanes of at least 4 members (excludes halogenated alkanes) is 1. The summed E-state index contributed by atoms with van der Waals surface area (Å²) in [6, 6.07) is 0. The first kappa shape index (κ1) is 12.2. The second-order valence-corrected chi connectivity index (χ2v) is 3.98. The van der Waals surface area contributed by atoms with Crippen molar-refractivity contribution in [2.24, 2.45) is 5.41 Å². The molecule has 0 saturated heterocycles. The van der Waals surface area contributed by atoms with E-state index in [0.717, 1.165) is 19.3 Å². The molecule has 0 aliphatic heterocycles. The Balaban J connectivity index is 3.84. The van der Waals surface area contributed by atoms with Gasteiger partial charge in [0.05, 0.1) is 0 Å². The number of hydrogen-bond acceptors (Lipinski definition) is 0. The Labute approximate surface area is 83.0 Å². The van der Waals surface area contributed by atoms with Gasteiger partial charge in [0.25, 0.3) is 0 Å². The second-order valence-electron chi connectivity index (χ2n) is 3.98. The van der Waals surface area contributed by atoms with Crippen LogP contribution >= 0.6 is 0 Å². The van der Waals surface area contributed by atoms with Crippen LogP contribution in [-0.4, -0.2) is 0 Å². The number of rotatable bonds is 6. The molecule has 0 nitrogen and oxygen atoms in total. The summed E-state index contributed by atoms with van der Waals surface area (Å²) in [7, 11) is 0. The summed E-state index contributed by atoms with van der Waals surface area (Å²) >= 11 is 0. The van der Waals surface area contributed by atoms with E-state index < -0.39 is 0 Å². The Morgan fingerprint density at radius 3 is 2.38 bits per heavy atom. The zero-order valence-electron chi connectivity index (χ0n) is 9.09. The standard InChI is InChI=1S/C13H21/c1-5-7-9-10-12-13(3,4)11-8-6-2/h1,5-6,8,10,12H,7,9,11H2,2-4H3. The van der Waals surface area contributed by atoms with Crippen molar-refractivity contribution in [2.45, 2.75) is 40.0 Å². The molecule has 0 heterocycles. The molecule has 0 aromatic rings. The maximum atomic E-state index is 5.29. The first-order valence-electron chi connectivity index (χ1n) is 4.94. The lowest BCUT2D eigenvalue weighted by Gasteiger charge is -2.17. The molecule has 1 radical (unpaired) electrons. The molecule has 0 aromatic heterocycles. The molecule has 0 aliphatic rings. The van der Waals surface area contributed by atoms with Gasteiger partial charge in [0.15, 0.2) is 0 Å². The van der Waals surface area contributed by atoms with Gasteiger partial charge in [-0.05, 0) is 31.6 Å². The minimum Gasteiger partial charge on any atom is -0.0916 e. The number of allylic oxidation sites excluding steroid dienone is 5. The summed E-state index contributed by atoms with van der Waals surface area (Å²) in [4.78, 5) is 0. The molecule has 0 rings (SSSR count). The maximum Gasteiger partial charge on any atom is -0.0140 e. The van der Waals surface area contributed by atoms with Crippen LogP contribution in [0.15, 0.2) is 30.4 Å². The van der Waals surface area contributed by atoms with Crippen LogP contribution in [0.5, 0.6) is 0 Å². The van der Waals surface area contributed by atoms with E-state index in [4.69, 9.17) is 6.58 Å². The average Bonchev–Trinajstić information content (AvgIpc) is 2.09. The van der Waals surface area contributed by atoms with Crippen molar-refractivity contribution < 1.29 is 0 Å². The van der Waals surface area contributed by atoms with Crippen LogP contribution in [0.3, 0.4) is 0 Å². The summed E-state index contributed by atoms with van der Waals surface area (Å²) in [5.74, 6) is 0. The SMILES string of the molecule is [CH]=CCCC=CC(C)(C)CC=CC. The molecular weight excluding hydrogens is 156 g/mol. The summed E-state index contributed by atoms with van der Waals surface area (Å²) < 4.78 is 0. The molecule has 0 atom stereocenters. The van der Waals surface area contributed by atoms with Crippen LogP contribution < -0.4 is 0 Å². The fourth-order valence-corrected chi connectivity index (χ4v) is 1.08. The van der Waals surface area contributed by atoms with Gasteiger partial charge < -0.3 is 0 Å². The molecule has 0 aromatic carbocycles. The smallest absolute Gasteiger partial charge is 0.0140 e. The lowest BCUT2D eigenvalue weighted by molar-refractivity contribution is 0.487. The monoisotopic (exact) mass is 177 g/mol. The highest BCUT2D eigenvalue weighted by Gasteiger charge is 2.10. The minimum absolute atomic E-state index is 0.279. The van der Waals surface area contributed by atoms with Gasteiger partial charge in [0, 0.05) is 0 Å². The largest absolute Gasteiger partial charge is 0.0916 e. The fourth-order valence-electron chi connectivity index (χ4n) is 1.08. The van der Waals surface area contributed by atoms with E-state index in [-0.39, 0.29) is 5.41 Å². The molecule has 0 N–H and O–H groups in total. The predicted molar refractivity (Wildman–Crippen MR) is 60.5 cm³/mol. The van der Waals surface area contributed by atoms with Gasteiger partial charge >= 0.3 is 0 Å². The van der Waals surface area contributed by atoms with Crippen LogP contribution in [0.2, 0.25) is 0 Å². The minimum atomic E-state index is 0.279. The van der Waals surface area contributed by atoms with Crippen molar-refractivity contribution in [3.05, 3.63) is 37.0 Å². The topological polar surface area (TPSA) is 0 Å². The van der Waals surface area contributed by atoms with Crippen LogP contribution in [0.25, 0.3) is 0 Å². The molecule has 13 heavy (non-hydrogen) atoms. The Morgan fingerprint density at radius 2 is 1.85 bits per heavy atom. The maximum absolute atomic E-state index is 5.29. The van der Waals surface area contributed by atoms with Crippen molar-refractivity contribution in [2.75, 3.05) is 0 Å². The van der Waals surface area contributed by atoms with Gasteiger partial charge in [-0.1, -0.05) is 50.8 Å². The van der Waals surface area contributed by atoms with Gasteiger partial charge in [-0.3, -0.25) is 0 Å². The van der Waals surface area contributed by atoms with Gasteiger partial charge in [0.2, 0.25) is 0 Å². The molecule has 0 spiro atoms. The van der Waals surface area contributed by atoms with Crippen molar-refractivity contribution in [3.8, 4) is 0 Å². The molecule has 0 unspecified atom stereocenters. The third-order valence-corrected chi connectivity index (χ3v) is 1.95. The molecular formula is C13H21. The molecule has 0 aliphatic carbocycles. The van der Waals surface area contributed by atoms with Crippen LogP contribution in [0.4, 0.5) is 0 Å². The normalized spacial score (nSPS) is 12.8. The summed E-state index contributed by atoms with van der Waals surface area (Å²) in [5, 5.41) is 0. The van der Waals surface area contributed by atoms with Gasteiger partial charge in [-0.2, -0.15) is 0 Å². The van der Waals surface area contributed by atoms with E-state index in [9.17, 15) is 0 Å². The molecule has 0 amide bonds. The lowest BCUT2D eigenvalue weighted by Crippen LogP contribution is -2.04. The molecule has 0 bridgehead atoms. The van der Waals surface area contributed by atoms with Crippen molar-refractivity contribution in [1.82, 2.24) is 0 Å². The van der Waals surface area contributed by atoms with Crippen molar-refractivity contribution >= 4 is 0 Å². The Bertz CT molecular complexity index is 182. The third kappa shape index (κ3) is 7.58. The van der Waals surface area contributed by atoms with Crippen LogP contribution in [-0.2, 0) is 0 Å². The van der Waals surface area contributed by atoms with Crippen molar-refractivity contribution in [3.63, 3.8) is 0 Å². The van der Waals surface area contributed by atoms with Gasteiger partial charge in [0.1, 0.15) is 0 Å². The quantitative estimate of drug-likeness (QED) is 0.419. The average molecular weight is 177 g/mol. The zero-order valence-corrected chi connectivity index (χ0v) is 9.09. The van der Waals surface area contributed by atoms with E-state index in [1.165, 1.54) is 0 Å². The summed E-state index contributed by atoms with van der Waals surface area (Å²) in [5.41, 5.74) is 0.279. The van der Waals surface area contributed by atoms with Crippen molar-refractivity contribution in [1.29, 1.82) is 0 Å². The Kier molecular flexibility index (Phi) is 6.30.